The van der Waals surface area contributed by atoms with Crippen LogP contribution in [0.1, 0.15) is 31.2 Å². The summed E-state index contributed by atoms with van der Waals surface area (Å²) in [6, 6.07) is 18.7. The molecule has 38 heavy (non-hydrogen) atoms. The van der Waals surface area contributed by atoms with Crippen LogP contribution in [0.5, 0.6) is 0 Å². The number of hydrogen-bond acceptors (Lipinski definition) is 7. The Labute approximate surface area is 232 Å². The minimum Gasteiger partial charge on any atom is -0.463 e. The summed E-state index contributed by atoms with van der Waals surface area (Å²) in [5, 5.41) is 0. The van der Waals surface area contributed by atoms with Crippen molar-refractivity contribution in [3.8, 4) is 11.3 Å². The Morgan fingerprint density at radius 2 is 1.95 bits per heavy atom. The third kappa shape index (κ3) is 4.91. The monoisotopic (exact) mass is 591 g/mol. The molecule has 0 saturated heterocycles. The Balaban J connectivity index is 1.63. The van der Waals surface area contributed by atoms with Gasteiger partial charge in [-0.1, -0.05) is 51.5 Å². The summed E-state index contributed by atoms with van der Waals surface area (Å²) in [5.74, 6) is 0.775. The fraction of sp³-hybridized carbons (Fsp3) is 0.207. The Morgan fingerprint density at radius 3 is 2.63 bits per heavy atom. The number of furan rings is 1. The maximum atomic E-state index is 13.8. The number of anilines is 1. The lowest BCUT2D eigenvalue weighted by Crippen LogP contribution is -2.39. The van der Waals surface area contributed by atoms with Gasteiger partial charge in [0.1, 0.15) is 11.5 Å². The van der Waals surface area contributed by atoms with E-state index in [4.69, 9.17) is 9.15 Å². The number of hydrogen-bond donors (Lipinski definition) is 0. The maximum Gasteiger partial charge on any atom is 0.338 e. The molecule has 194 valence electrons. The summed E-state index contributed by atoms with van der Waals surface area (Å²) in [6.07, 6.45) is 1.72. The first-order valence-electron chi connectivity index (χ1n) is 12.1. The number of thiazole rings is 1. The van der Waals surface area contributed by atoms with Crippen molar-refractivity contribution in [1.82, 2.24) is 4.57 Å². The molecule has 2 aromatic heterocycles. The summed E-state index contributed by atoms with van der Waals surface area (Å²) in [5.41, 5.74) is 3.39. The molecular formula is C29H26BrN3O4S. The molecule has 0 radical (unpaired) electrons. The normalized spacial score (nSPS) is 15.3. The highest BCUT2D eigenvalue weighted by molar-refractivity contribution is 9.10. The molecule has 0 aliphatic carbocycles. The van der Waals surface area contributed by atoms with Crippen LogP contribution in [-0.4, -0.2) is 31.2 Å². The van der Waals surface area contributed by atoms with Gasteiger partial charge in [-0.2, -0.15) is 0 Å². The quantitative estimate of drug-likeness (QED) is 0.298. The Hall–Kier alpha value is -3.69. The van der Waals surface area contributed by atoms with Crippen LogP contribution in [0.4, 0.5) is 5.69 Å². The van der Waals surface area contributed by atoms with Crippen molar-refractivity contribution < 1.29 is 13.9 Å². The lowest BCUT2D eigenvalue weighted by molar-refractivity contribution is -0.139. The maximum absolute atomic E-state index is 13.8. The molecule has 9 heteroatoms. The Morgan fingerprint density at radius 1 is 1.18 bits per heavy atom. The summed E-state index contributed by atoms with van der Waals surface area (Å²) in [4.78, 5) is 34.0. The number of fused-ring (bicyclic) bond motifs is 1. The average Bonchev–Trinajstić information content (AvgIpc) is 3.48. The second-order valence-electron chi connectivity index (χ2n) is 9.00. The number of benzene rings is 2. The largest absolute Gasteiger partial charge is 0.463 e. The third-order valence-corrected chi connectivity index (χ3v) is 7.73. The molecule has 1 atom stereocenters. The number of allylic oxidation sites excluding steroid dienone is 1. The van der Waals surface area contributed by atoms with Crippen LogP contribution in [0.2, 0.25) is 0 Å². The van der Waals surface area contributed by atoms with Gasteiger partial charge in [-0.25, -0.2) is 9.79 Å². The van der Waals surface area contributed by atoms with E-state index in [1.807, 2.05) is 79.7 Å². The van der Waals surface area contributed by atoms with Crippen LogP contribution >= 0.6 is 27.3 Å². The Bertz CT molecular complexity index is 1730. The molecule has 4 aromatic rings. The van der Waals surface area contributed by atoms with Crippen molar-refractivity contribution in [2.24, 2.45) is 4.99 Å². The van der Waals surface area contributed by atoms with Crippen LogP contribution in [0.3, 0.4) is 0 Å². The van der Waals surface area contributed by atoms with Crippen molar-refractivity contribution in [2.75, 3.05) is 25.6 Å². The number of carbonyl (C=O) groups is 1. The topological polar surface area (TPSA) is 77.0 Å². The number of carbonyl (C=O) groups excluding carboxylic acids is 1. The fourth-order valence-electron chi connectivity index (χ4n) is 4.42. The molecule has 1 aliphatic rings. The van der Waals surface area contributed by atoms with E-state index < -0.39 is 12.0 Å². The minimum atomic E-state index is -0.655. The first-order chi connectivity index (χ1) is 18.3. The summed E-state index contributed by atoms with van der Waals surface area (Å²) < 4.78 is 14.4. The lowest BCUT2D eigenvalue weighted by atomic mass is 9.95. The van der Waals surface area contributed by atoms with Gasteiger partial charge in [0.25, 0.3) is 5.56 Å². The number of esters is 1. The lowest BCUT2D eigenvalue weighted by Gasteiger charge is -2.25. The van der Waals surface area contributed by atoms with Gasteiger partial charge >= 0.3 is 5.97 Å². The van der Waals surface area contributed by atoms with Crippen molar-refractivity contribution in [1.29, 1.82) is 0 Å². The highest BCUT2D eigenvalue weighted by atomic mass is 79.9. The second kappa shape index (κ2) is 10.6. The van der Waals surface area contributed by atoms with E-state index in [2.05, 4.69) is 20.9 Å². The van der Waals surface area contributed by atoms with Crippen LogP contribution in [0.15, 0.2) is 90.6 Å². The van der Waals surface area contributed by atoms with Crippen LogP contribution in [0.25, 0.3) is 17.4 Å². The second-order valence-corrected chi connectivity index (χ2v) is 10.9. The number of aromatic nitrogens is 1. The van der Waals surface area contributed by atoms with Gasteiger partial charge in [0.2, 0.25) is 0 Å². The van der Waals surface area contributed by atoms with E-state index in [-0.39, 0.29) is 12.2 Å². The number of rotatable bonds is 6. The predicted octanol–water partition coefficient (Wildman–Crippen LogP) is 4.89. The molecule has 1 unspecified atom stereocenters. The van der Waals surface area contributed by atoms with E-state index in [1.165, 1.54) is 11.3 Å². The van der Waals surface area contributed by atoms with Gasteiger partial charge in [-0.15, -0.1) is 0 Å². The molecule has 0 spiro atoms. The van der Waals surface area contributed by atoms with Crippen LogP contribution < -0.4 is 19.8 Å². The summed E-state index contributed by atoms with van der Waals surface area (Å²) in [7, 11) is 3.92. The highest BCUT2D eigenvalue weighted by Gasteiger charge is 2.33. The predicted molar refractivity (Wildman–Crippen MR) is 153 cm³/mol. The van der Waals surface area contributed by atoms with E-state index in [0.29, 0.717) is 32.1 Å². The molecule has 0 bridgehead atoms. The zero-order valence-corrected chi connectivity index (χ0v) is 23.8. The molecule has 0 fully saturated rings. The van der Waals surface area contributed by atoms with Crippen molar-refractivity contribution in [3.63, 3.8) is 0 Å². The van der Waals surface area contributed by atoms with Crippen LogP contribution in [-0.2, 0) is 9.53 Å². The average molecular weight is 593 g/mol. The molecular weight excluding hydrogens is 566 g/mol. The fourth-order valence-corrected chi connectivity index (χ4v) is 5.84. The molecule has 5 rings (SSSR count). The van der Waals surface area contributed by atoms with Gasteiger partial charge in [-0.05, 0) is 55.8 Å². The van der Waals surface area contributed by atoms with Gasteiger partial charge < -0.3 is 14.1 Å². The molecule has 0 saturated carbocycles. The zero-order valence-electron chi connectivity index (χ0n) is 21.4. The number of halogens is 1. The zero-order chi connectivity index (χ0) is 27.0. The van der Waals surface area contributed by atoms with E-state index in [1.54, 1.807) is 24.5 Å². The van der Waals surface area contributed by atoms with Gasteiger partial charge in [0, 0.05) is 35.9 Å². The van der Waals surface area contributed by atoms with E-state index in [0.717, 1.165) is 21.3 Å². The third-order valence-electron chi connectivity index (χ3n) is 6.25. The van der Waals surface area contributed by atoms with Gasteiger partial charge in [0.05, 0.1) is 28.5 Å². The van der Waals surface area contributed by atoms with E-state index in [9.17, 15) is 9.59 Å². The first-order valence-corrected chi connectivity index (χ1v) is 13.7. The summed E-state index contributed by atoms with van der Waals surface area (Å²) in [6.45, 7) is 3.77. The SMILES string of the molecule is CCOC(=O)C1=C(C)N=c2s/c(=C\c3ccc(-c4cccc(Br)c4)o3)c(=O)n2C1c1ccc(N(C)C)cc1. The van der Waals surface area contributed by atoms with Crippen molar-refractivity contribution in [3.05, 3.63) is 107 Å². The smallest absolute Gasteiger partial charge is 0.338 e. The van der Waals surface area contributed by atoms with Gasteiger partial charge in [-0.3, -0.25) is 9.36 Å². The molecule has 0 amide bonds. The number of nitrogens with zero attached hydrogens (tertiary/aromatic N) is 3. The first kappa shape index (κ1) is 25.9. The molecule has 7 nitrogen and oxygen atoms in total. The molecule has 2 aromatic carbocycles. The van der Waals surface area contributed by atoms with Crippen molar-refractivity contribution in [2.45, 2.75) is 19.9 Å². The van der Waals surface area contributed by atoms with Crippen LogP contribution in [0, 0.1) is 0 Å². The molecule has 3 heterocycles. The van der Waals surface area contributed by atoms with Gasteiger partial charge in [0.15, 0.2) is 4.80 Å². The molecule has 1 aliphatic heterocycles. The standard InChI is InChI=1S/C29H26BrN3O4S/c1-5-36-28(35)25-17(2)31-29-33(26(25)18-9-11-21(12-10-18)32(3)4)27(34)24(38-29)16-22-13-14-23(37-22)19-7-6-8-20(30)15-19/h6-16,26H,5H2,1-4H3/b24-16-. The van der Waals surface area contributed by atoms with E-state index >= 15 is 0 Å². The number of ether oxygens (including phenoxy) is 1. The van der Waals surface area contributed by atoms with Crippen molar-refractivity contribution >= 4 is 45.0 Å². The summed E-state index contributed by atoms with van der Waals surface area (Å²) >= 11 is 4.75. The Kier molecular flexibility index (Phi) is 7.23. The minimum absolute atomic E-state index is 0.227. The molecule has 0 N–H and O–H groups in total. The highest BCUT2D eigenvalue weighted by Crippen LogP contribution is 2.32.